The van der Waals surface area contributed by atoms with Crippen LogP contribution in [0.4, 0.5) is 5.69 Å². The highest BCUT2D eigenvalue weighted by Gasteiger charge is 2.23. The Hall–Kier alpha value is -5.26. The van der Waals surface area contributed by atoms with Gasteiger partial charge in [-0.3, -0.25) is 10.4 Å². The van der Waals surface area contributed by atoms with E-state index < -0.39 is 17.7 Å². The highest BCUT2D eigenvalue weighted by atomic mass is 16.5. The molecule has 1 aromatic heterocycles. The quantitative estimate of drug-likeness (QED) is 0.147. The SMILES string of the molecule is COc1ccc(C(Nc2ccc(C(=N)N)c(O)c2)c2nn(-c3ccccc3C(=O)O)c(=O)[nH]2)cc1OC. The van der Waals surface area contributed by atoms with Crippen LogP contribution in [0.15, 0.2) is 65.5 Å². The van der Waals surface area contributed by atoms with Crippen LogP contribution in [0, 0.1) is 5.41 Å². The molecule has 0 bridgehead atoms. The lowest BCUT2D eigenvalue weighted by Crippen LogP contribution is -2.18. The van der Waals surface area contributed by atoms with Gasteiger partial charge in [0, 0.05) is 11.8 Å². The molecule has 0 radical (unpaired) electrons. The number of carboxylic acids is 1. The summed E-state index contributed by atoms with van der Waals surface area (Å²) in [5, 5.41) is 35.1. The molecule has 12 nitrogen and oxygen atoms in total. The molecule has 4 rings (SSSR count). The van der Waals surface area contributed by atoms with E-state index in [9.17, 15) is 19.8 Å². The number of nitrogens with zero attached hydrogens (tertiary/aromatic N) is 2. The highest BCUT2D eigenvalue weighted by Crippen LogP contribution is 2.34. The van der Waals surface area contributed by atoms with Gasteiger partial charge < -0.3 is 30.7 Å². The lowest BCUT2D eigenvalue weighted by Gasteiger charge is -2.20. The number of aromatic hydroxyl groups is 1. The number of aromatic amines is 1. The number of rotatable bonds is 9. The van der Waals surface area contributed by atoms with Crippen LogP contribution >= 0.6 is 0 Å². The third-order valence-electron chi connectivity index (χ3n) is 5.61. The minimum atomic E-state index is -1.21. The maximum atomic E-state index is 12.9. The number of aromatic carboxylic acids is 1. The number of hydrogen-bond donors (Lipinski definition) is 6. The van der Waals surface area contributed by atoms with Crippen molar-refractivity contribution in [1.29, 1.82) is 5.41 Å². The van der Waals surface area contributed by atoms with E-state index >= 15 is 0 Å². The molecule has 12 heteroatoms. The minimum absolute atomic E-state index is 0.0944. The summed E-state index contributed by atoms with van der Waals surface area (Å²) in [7, 11) is 2.99. The van der Waals surface area contributed by atoms with E-state index in [1.807, 2.05) is 0 Å². The van der Waals surface area contributed by atoms with Crippen LogP contribution in [0.5, 0.6) is 17.2 Å². The zero-order valence-electron chi connectivity index (χ0n) is 19.9. The summed E-state index contributed by atoms with van der Waals surface area (Å²) >= 11 is 0. The second-order valence-electron chi connectivity index (χ2n) is 7.89. The first-order chi connectivity index (χ1) is 17.7. The molecule has 0 saturated carbocycles. The summed E-state index contributed by atoms with van der Waals surface area (Å²) < 4.78 is 11.7. The van der Waals surface area contributed by atoms with Crippen LogP contribution in [0.3, 0.4) is 0 Å². The van der Waals surface area contributed by atoms with E-state index in [4.69, 9.17) is 20.6 Å². The fourth-order valence-electron chi connectivity index (χ4n) is 3.83. The number of benzene rings is 3. The largest absolute Gasteiger partial charge is 0.507 e. The van der Waals surface area contributed by atoms with Gasteiger partial charge in [0.15, 0.2) is 17.3 Å². The number of aromatic nitrogens is 3. The topological polar surface area (TPSA) is 189 Å². The molecule has 190 valence electrons. The number of methoxy groups -OCH3 is 2. The zero-order chi connectivity index (χ0) is 26.7. The van der Waals surface area contributed by atoms with Gasteiger partial charge in [-0.25, -0.2) is 9.59 Å². The van der Waals surface area contributed by atoms with Crippen LogP contribution in [0.1, 0.15) is 33.4 Å². The van der Waals surface area contributed by atoms with Crippen molar-refractivity contribution in [3.05, 3.63) is 93.7 Å². The predicted octanol–water partition coefficient (Wildman–Crippen LogP) is 2.47. The molecule has 0 saturated heterocycles. The van der Waals surface area contributed by atoms with Gasteiger partial charge >= 0.3 is 11.7 Å². The van der Waals surface area contributed by atoms with E-state index in [2.05, 4.69) is 15.4 Å². The number of nitrogen functional groups attached to an aromatic ring is 1. The van der Waals surface area contributed by atoms with Gasteiger partial charge in [0.25, 0.3) is 0 Å². The summed E-state index contributed by atoms with van der Waals surface area (Å²) in [6, 6.07) is 14.8. The molecule has 7 N–H and O–H groups in total. The van der Waals surface area contributed by atoms with Gasteiger partial charge in [0.05, 0.1) is 31.0 Å². The van der Waals surface area contributed by atoms with Crippen molar-refractivity contribution in [3.8, 4) is 22.9 Å². The smallest absolute Gasteiger partial charge is 0.348 e. The molecule has 1 atom stereocenters. The molecular weight excluding hydrogens is 480 g/mol. The van der Waals surface area contributed by atoms with Crippen molar-refractivity contribution < 1.29 is 24.5 Å². The number of para-hydroxylation sites is 1. The first-order valence-electron chi connectivity index (χ1n) is 10.9. The van der Waals surface area contributed by atoms with Gasteiger partial charge in [-0.05, 0) is 42.0 Å². The third-order valence-corrected chi connectivity index (χ3v) is 5.61. The Kier molecular flexibility index (Phi) is 6.82. The summed E-state index contributed by atoms with van der Waals surface area (Å²) in [6.07, 6.45) is 0. The van der Waals surface area contributed by atoms with E-state index in [1.165, 1.54) is 38.5 Å². The maximum Gasteiger partial charge on any atom is 0.348 e. The van der Waals surface area contributed by atoms with Gasteiger partial charge in [-0.2, -0.15) is 4.68 Å². The summed E-state index contributed by atoms with van der Waals surface area (Å²) in [4.78, 5) is 27.3. The van der Waals surface area contributed by atoms with Crippen LogP contribution in [-0.2, 0) is 0 Å². The first kappa shape index (κ1) is 24.9. The van der Waals surface area contributed by atoms with E-state index in [0.717, 1.165) is 4.68 Å². The van der Waals surface area contributed by atoms with Crippen LogP contribution in [0.25, 0.3) is 5.69 Å². The number of hydrogen-bond acceptors (Lipinski definition) is 8. The summed E-state index contributed by atoms with van der Waals surface area (Å²) in [6.45, 7) is 0. The molecule has 4 aromatic rings. The fraction of sp³-hybridized carbons (Fsp3) is 0.120. The lowest BCUT2D eigenvalue weighted by molar-refractivity contribution is 0.0696. The molecule has 0 aliphatic rings. The number of phenolic OH excluding ortho intramolecular Hbond substituents is 1. The van der Waals surface area contributed by atoms with Gasteiger partial charge in [0.1, 0.15) is 17.6 Å². The minimum Gasteiger partial charge on any atom is -0.507 e. The van der Waals surface area contributed by atoms with Crippen molar-refractivity contribution >= 4 is 17.5 Å². The van der Waals surface area contributed by atoms with Crippen molar-refractivity contribution in [3.63, 3.8) is 0 Å². The molecule has 3 aromatic carbocycles. The number of carboxylic acid groups (broad SMARTS) is 1. The highest BCUT2D eigenvalue weighted by molar-refractivity contribution is 5.98. The predicted molar refractivity (Wildman–Crippen MR) is 135 cm³/mol. The van der Waals surface area contributed by atoms with E-state index in [-0.39, 0.29) is 34.2 Å². The van der Waals surface area contributed by atoms with Gasteiger partial charge in [-0.15, -0.1) is 5.10 Å². The molecular formula is C25H24N6O6. The number of ether oxygens (including phenoxy) is 2. The molecule has 1 unspecified atom stereocenters. The Morgan fingerprint density at radius 1 is 1.08 bits per heavy atom. The third kappa shape index (κ3) is 4.93. The standard InChI is InChI=1S/C25H24N6O6/c1-36-19-10-7-13(11-20(19)37-2)21(28-14-8-9-16(22(26)27)18(32)12-14)23-29-25(35)31(30-23)17-6-4-3-5-15(17)24(33)34/h3-12,21,28,32H,1-2H3,(H3,26,27)(H,33,34)(H,29,30,35). The Labute approximate surface area is 210 Å². The Balaban J connectivity index is 1.84. The molecule has 0 spiro atoms. The summed E-state index contributed by atoms with van der Waals surface area (Å²) in [5.41, 5.74) is 6.06. The first-order valence-corrected chi connectivity index (χ1v) is 10.9. The monoisotopic (exact) mass is 504 g/mol. The van der Waals surface area contributed by atoms with E-state index in [0.29, 0.717) is 22.7 Å². The number of nitrogens with two attached hydrogens (primary N) is 1. The Morgan fingerprint density at radius 3 is 2.46 bits per heavy atom. The zero-order valence-corrected chi connectivity index (χ0v) is 19.9. The van der Waals surface area contributed by atoms with Crippen LogP contribution < -0.4 is 26.2 Å². The number of phenols is 1. The lowest BCUT2D eigenvalue weighted by atomic mass is 10.0. The number of carbonyl (C=O) groups is 1. The number of amidine groups is 1. The molecule has 37 heavy (non-hydrogen) atoms. The van der Waals surface area contributed by atoms with Crippen molar-refractivity contribution in [2.75, 3.05) is 19.5 Å². The molecule has 0 aliphatic heterocycles. The van der Waals surface area contributed by atoms with Crippen LogP contribution in [0.2, 0.25) is 0 Å². The molecule has 1 heterocycles. The summed E-state index contributed by atoms with van der Waals surface area (Å²) in [5.74, 6) is -0.628. The normalized spacial score (nSPS) is 11.5. The Morgan fingerprint density at radius 2 is 1.81 bits per heavy atom. The van der Waals surface area contributed by atoms with Crippen LogP contribution in [-0.4, -0.2) is 51.0 Å². The molecule has 0 amide bonds. The van der Waals surface area contributed by atoms with Crippen molar-refractivity contribution in [2.45, 2.75) is 6.04 Å². The van der Waals surface area contributed by atoms with Gasteiger partial charge in [-0.1, -0.05) is 18.2 Å². The van der Waals surface area contributed by atoms with Gasteiger partial charge in [0.2, 0.25) is 0 Å². The molecule has 0 aliphatic carbocycles. The fourth-order valence-corrected chi connectivity index (χ4v) is 3.83. The number of nitrogens with one attached hydrogen (secondary N) is 3. The second-order valence-corrected chi connectivity index (χ2v) is 7.89. The average molecular weight is 505 g/mol. The van der Waals surface area contributed by atoms with Crippen molar-refractivity contribution in [2.24, 2.45) is 5.73 Å². The number of anilines is 1. The van der Waals surface area contributed by atoms with E-state index in [1.54, 1.807) is 36.4 Å². The van der Waals surface area contributed by atoms with Crippen molar-refractivity contribution in [1.82, 2.24) is 14.8 Å². The molecule has 0 fully saturated rings. The maximum absolute atomic E-state index is 12.9. The second kappa shape index (κ2) is 10.2. The Bertz CT molecular complexity index is 1540. The number of H-pyrrole nitrogens is 1. The average Bonchev–Trinajstić information content (AvgIpc) is 3.27.